The second kappa shape index (κ2) is 489. The van der Waals surface area contributed by atoms with Crippen LogP contribution < -0.4 is 0 Å². The maximum Gasteiger partial charge on any atom is 6.00 e. The van der Waals surface area contributed by atoms with Crippen molar-refractivity contribution in [3.05, 3.63) is 0 Å². The Balaban J connectivity index is -0.000000000412. The van der Waals surface area contributed by atoms with Crippen LogP contribution >= 0.6 is 0 Å². The van der Waals surface area contributed by atoms with Gasteiger partial charge in [-0.2, -0.15) is 0 Å². The molecule has 47 heavy (non-hydrogen) atoms. The molecule has 39 heteroatoms. The Kier molecular flexibility index (Phi) is 9860. The third kappa shape index (κ3) is 9690. The van der Waals surface area contributed by atoms with Gasteiger partial charge in [0.2, 0.25) is 0 Å². The van der Waals surface area contributed by atoms with Gasteiger partial charge in [-0.3, -0.25) is 0 Å². The van der Waals surface area contributed by atoms with E-state index < -0.39 is 0 Å². The monoisotopic (exact) mass is 1290 g/mol. The van der Waals surface area contributed by atoms with Gasteiger partial charge in [0, 0.05) is 126 Å². The summed E-state index contributed by atoms with van der Waals surface area (Å²) >= 11 is 0. The average molecular weight is 1280 g/mol. The Labute approximate surface area is 370 Å². The molecule has 0 saturated carbocycles. The van der Waals surface area contributed by atoms with Crippen LogP contribution in [0.25, 0.3) is 0 Å². The van der Waals surface area contributed by atoms with Gasteiger partial charge in [0.15, 0.2) is 0 Å². The fourth-order valence-electron chi connectivity index (χ4n) is 0. The van der Waals surface area contributed by atoms with E-state index in [1.165, 1.54) is 0 Å². The first-order chi connectivity index (χ1) is 4.00. The van der Waals surface area contributed by atoms with Gasteiger partial charge in [0.25, 0.3) is 0 Å². The molecule has 0 bridgehead atoms. The summed E-state index contributed by atoms with van der Waals surface area (Å²) in [5.74, 6) is 0. The minimum Gasteiger partial charge on any atom is -2.00 e. The maximum atomic E-state index is 2.12. The van der Waals surface area contributed by atoms with Crippen molar-refractivity contribution in [3.8, 4) is 0 Å². The molecule has 32 nitrogen and oxygen atoms in total. The van der Waals surface area contributed by atoms with E-state index in [-0.39, 0.29) is 308 Å². The summed E-state index contributed by atoms with van der Waals surface area (Å²) in [6.07, 6.45) is 0. The molecule has 0 aliphatic rings. The second-order valence-electron chi connectivity index (χ2n) is 5.37. The van der Waals surface area contributed by atoms with E-state index in [1.54, 1.807) is 0 Å². The average Bonchev–Trinajstić information content (AvgIpc) is 1.12. The Bertz CT molecular complexity index is 115. The first-order valence-electron chi connectivity index (χ1n) is 3.58. The van der Waals surface area contributed by atoms with Gasteiger partial charge in [-0.15, -0.1) is 0 Å². The van der Waals surface area contributed by atoms with Crippen LogP contribution in [0.15, 0.2) is 0 Å². The first kappa shape index (κ1) is 948. The minimum atomic E-state index is 0. The zero-order chi connectivity index (χ0) is 9.00. The molecule has 0 aromatic rings. The van der Waals surface area contributed by atoms with E-state index >= 15 is 0 Å². The normalized spacial score (nSPS) is 2.55. The van der Waals surface area contributed by atoms with Crippen molar-refractivity contribution in [1.29, 1.82) is 0 Å². The molecule has 0 radical (unpaired) electrons. The van der Waals surface area contributed by atoms with Crippen molar-refractivity contribution in [2.75, 3.05) is 56.4 Å². The van der Waals surface area contributed by atoms with E-state index in [2.05, 4.69) is 56.4 Å². The molecule has 0 aromatic heterocycles. The predicted octanol–water partition coefficient (Wildman–Crippen LogP) is -7.58. The molecule has 0 aromatic carbocycles. The molecule has 0 spiro atoms. The van der Waals surface area contributed by atoms with E-state index in [4.69, 9.17) is 0 Å². The quantitative estimate of drug-likeness (QED) is 0.166. The summed E-state index contributed by atoms with van der Waals surface area (Å²) in [4.78, 5) is 0. The van der Waals surface area contributed by atoms with E-state index in [0.29, 0.717) is 0 Å². The van der Waals surface area contributed by atoms with Crippen LogP contribution in [0.5, 0.6) is 0 Å². The molecule has 19 N–H and O–H groups in total. The van der Waals surface area contributed by atoms with Gasteiger partial charge in [-0.05, 0) is 0 Å². The summed E-state index contributed by atoms with van der Waals surface area (Å²) in [5.41, 5.74) is 0. The number of hydrogen-bond acceptors (Lipinski definition) is 7. The fraction of sp³-hybridized carbons (Fsp3) is 1.00. The van der Waals surface area contributed by atoms with Crippen molar-refractivity contribution < 1.29 is 317 Å². The maximum absolute atomic E-state index is 2.12. The molecule has 0 unspecified atom stereocenters. The summed E-state index contributed by atoms with van der Waals surface area (Å²) in [5, 5.41) is 0. The van der Waals surface area contributed by atoms with Crippen molar-refractivity contribution in [1.82, 2.24) is 0 Å². The predicted molar refractivity (Wildman–Crippen MR) is 94.8 cm³/mol. The Morgan fingerprint density at radius 3 is 0.191 bits per heavy atom. The molecule has 0 fully saturated rings. The topological polar surface area (TPSA) is 884 Å². The molecule has 0 amide bonds. The van der Waals surface area contributed by atoms with Gasteiger partial charge < -0.3 is 173 Å². The molecule has 0 rings (SSSR count). The third-order valence-electron chi connectivity index (χ3n) is 0. The molecule has 0 atom stereocenters. The first-order valence-corrected chi connectivity index (χ1v) is 3.58. The van der Waals surface area contributed by atoms with Crippen molar-refractivity contribution in [3.63, 3.8) is 0 Å². The van der Waals surface area contributed by atoms with Crippen molar-refractivity contribution in [2.45, 2.75) is 0 Å². The zero-order valence-electron chi connectivity index (χ0n) is 24.8. The van der Waals surface area contributed by atoms with Crippen LogP contribution in [0, 0.1) is 0 Å². The second-order valence-corrected chi connectivity index (χ2v) is 5.37. The number of hydrogen-bond donors (Lipinski definition) is 0. The van der Waals surface area contributed by atoms with Crippen LogP contribution in [-0.2, 0) is 237 Å². The van der Waals surface area contributed by atoms with Gasteiger partial charge in [-0.1, -0.05) is 0 Å². The van der Waals surface area contributed by atoms with Crippen LogP contribution in [0.1, 0.15) is 0 Å². The summed E-state index contributed by atoms with van der Waals surface area (Å²) in [7, 11) is 17.0. The van der Waals surface area contributed by atoms with Gasteiger partial charge in [0.05, 0.1) is 56.4 Å². The van der Waals surface area contributed by atoms with Gasteiger partial charge in [-0.25, -0.2) is 0 Å². The van der Waals surface area contributed by atoms with Crippen molar-refractivity contribution >= 4 is 0 Å². The molecule has 0 heterocycles. The van der Waals surface area contributed by atoms with Crippen LogP contribution in [0.3, 0.4) is 0 Å². The summed E-state index contributed by atoms with van der Waals surface area (Å²) in [6, 6.07) is 0. The zero-order valence-corrected chi connectivity index (χ0v) is 38.1. The van der Waals surface area contributed by atoms with Crippen molar-refractivity contribution in [2.24, 2.45) is 0 Å². The van der Waals surface area contributed by atoms with Crippen LogP contribution in [0.2, 0.25) is 0 Å². The number of quaternary nitrogens is 2. The molecular formula is C8H43CrMo6N2O30-33. The Morgan fingerprint density at radius 1 is 0.191 bits per heavy atom. The van der Waals surface area contributed by atoms with Crippen LogP contribution in [-0.4, -0.2) is 137 Å². The van der Waals surface area contributed by atoms with Gasteiger partial charge >= 0.3 is 17.4 Å². The molecule has 340 valence electrons. The fourth-order valence-corrected chi connectivity index (χ4v) is 0. The summed E-state index contributed by atoms with van der Waals surface area (Å²) < 4.78 is 2.00. The number of rotatable bonds is 0. The van der Waals surface area contributed by atoms with E-state index in [1.807, 2.05) is 0 Å². The largest absolute Gasteiger partial charge is 6.00 e. The summed E-state index contributed by atoms with van der Waals surface area (Å²) in [6.45, 7) is 0. The molecule has 0 aliphatic carbocycles. The van der Waals surface area contributed by atoms with Crippen LogP contribution in [0.4, 0.5) is 0 Å². The van der Waals surface area contributed by atoms with E-state index in [9.17, 15) is 0 Å². The smallest absolute Gasteiger partial charge is 2.00 e. The Morgan fingerprint density at radius 2 is 0.191 bits per heavy atom. The molecule has 0 saturated heterocycles. The standard InChI is InChI=1S/2C4H12N.Cr.6Mo.13H2O.17O/c2*1-5(2,3)4;;;;;;;;;;;;;;;;;;;;;;;;;;;;;;;;;;;;;/h2*1-4H3;;;;;;;;13*1H2;;;;;;;;;;;;;;;;;/q2*+1;+6;;;;;;;;;;;;;;;;;;;;17*-2/p-7. The van der Waals surface area contributed by atoms with E-state index in [0.717, 1.165) is 8.97 Å². The minimum absolute atomic E-state index is 0. The molecule has 0 aliphatic heterocycles. The third-order valence-corrected chi connectivity index (χ3v) is 0. The SMILES string of the molecule is C[N+](C)(C)C.C[N+](C)(C)C.O.O.O.O.O.O.[Cr+6].[Mo].[Mo].[Mo].[Mo].[Mo].[Mo].[O-2].[O-2].[O-2].[O-2].[O-2].[O-2].[O-2].[O-2].[O-2].[O-2].[O-2].[O-2].[O-2].[O-2].[O-2].[O-2].[O-2].[OH-].[OH-].[OH-].[OH-].[OH-].[OH-].[OH-]. The molecular weight excluding hydrogens is 1230 g/mol. The number of nitrogens with zero attached hydrogens (tertiary/aromatic N) is 2. The Hall–Kier alpha value is 3.38. The van der Waals surface area contributed by atoms with Gasteiger partial charge in [0.1, 0.15) is 0 Å².